The predicted octanol–water partition coefficient (Wildman–Crippen LogP) is 9.44. The van der Waals surface area contributed by atoms with E-state index in [2.05, 4.69) is 39.7 Å². The summed E-state index contributed by atoms with van der Waals surface area (Å²) in [5.74, 6) is -3.98. The van der Waals surface area contributed by atoms with Crippen LogP contribution in [0.2, 0.25) is 0 Å². The minimum Gasteiger partial charge on any atom is -0.476 e. The van der Waals surface area contributed by atoms with Crippen molar-refractivity contribution in [2.45, 2.75) is 181 Å². The summed E-state index contributed by atoms with van der Waals surface area (Å²) in [6.07, 6.45) is 12.9. The van der Waals surface area contributed by atoms with Crippen molar-refractivity contribution in [3.05, 3.63) is 131 Å². The number of anilines is 3. The number of pyridine rings is 1. The number of rotatable bonds is 33. The van der Waals surface area contributed by atoms with E-state index >= 15 is 0 Å². The summed E-state index contributed by atoms with van der Waals surface area (Å²) in [6, 6.07) is 19.8. The van der Waals surface area contributed by atoms with Crippen LogP contribution < -0.4 is 37.2 Å². The Balaban J connectivity index is 0.639. The number of thiazole rings is 1. The number of likely N-dealkylation sites (tertiary alicyclic amines) is 1. The molecule has 4 atom stereocenters. The molecule has 7 aliphatic rings. The Labute approximate surface area is 643 Å². The Hall–Kier alpha value is -9.29. The number of ether oxygens (including phenoxy) is 2. The maximum atomic E-state index is 14.2. The fourth-order valence-corrected chi connectivity index (χ4v) is 20.1. The number of benzene rings is 3. The highest BCUT2D eigenvalue weighted by molar-refractivity contribution is 7.51. The van der Waals surface area contributed by atoms with E-state index < -0.39 is 67.0 Å². The molecule has 29 nitrogen and oxygen atoms in total. The number of aromatic carboxylic acids is 1. The van der Waals surface area contributed by atoms with Gasteiger partial charge in [-0.3, -0.25) is 53.1 Å². The molecule has 588 valence electrons. The molecule has 0 spiro atoms. The zero-order valence-electron chi connectivity index (χ0n) is 63.1. The molecule has 10 N–H and O–H groups in total. The first kappa shape index (κ1) is 80.2. The molecule has 4 bridgehead atoms. The maximum absolute atomic E-state index is 14.2. The Bertz CT molecular complexity index is 4480. The molecule has 1 saturated heterocycles. The number of fused-ring (bicyclic) bond motifs is 2. The first-order chi connectivity index (χ1) is 52.4. The maximum Gasteiger partial charge on any atom is 0.410 e. The zero-order chi connectivity index (χ0) is 78.5. The Morgan fingerprint density at radius 3 is 2.22 bits per heavy atom. The number of hydrogen-bond donors (Lipinski definition) is 8. The molecule has 5 fully saturated rings. The van der Waals surface area contributed by atoms with E-state index in [1.807, 2.05) is 65.0 Å². The third-order valence-corrected chi connectivity index (χ3v) is 24.5. The number of carbonyl (C=O) groups is 9. The van der Waals surface area contributed by atoms with E-state index in [-0.39, 0.29) is 96.5 Å². The van der Waals surface area contributed by atoms with Gasteiger partial charge in [-0.2, -0.15) is 5.10 Å². The summed E-state index contributed by atoms with van der Waals surface area (Å²) < 4.78 is 28.2. The van der Waals surface area contributed by atoms with Gasteiger partial charge in [0.2, 0.25) is 11.8 Å². The highest BCUT2D eigenvalue weighted by Crippen LogP contribution is 2.72. The molecule has 31 heteroatoms. The molecule has 2 unspecified atom stereocenters. The van der Waals surface area contributed by atoms with Crippen LogP contribution in [0.3, 0.4) is 0 Å². The molecule has 3 aromatic carbocycles. The van der Waals surface area contributed by atoms with Gasteiger partial charge in [0.05, 0.1) is 40.5 Å². The highest BCUT2D eigenvalue weighted by atomic mass is 32.1. The second-order valence-electron chi connectivity index (χ2n) is 31.9. The van der Waals surface area contributed by atoms with Crippen molar-refractivity contribution in [3.63, 3.8) is 0 Å². The van der Waals surface area contributed by atoms with Crippen LogP contribution in [-0.4, -0.2) is 185 Å². The van der Waals surface area contributed by atoms with Gasteiger partial charge in [0.15, 0.2) is 10.8 Å². The predicted molar refractivity (Wildman–Crippen MR) is 414 cm³/mol. The van der Waals surface area contributed by atoms with Crippen LogP contribution in [0.1, 0.15) is 167 Å². The van der Waals surface area contributed by atoms with Gasteiger partial charge in [0.1, 0.15) is 24.5 Å². The van der Waals surface area contributed by atoms with E-state index in [9.17, 15) is 62.6 Å². The number of nitrogens with two attached hydrogens (primary N) is 2. The normalized spacial score (nSPS) is 21.5. The lowest BCUT2D eigenvalue weighted by Crippen LogP contribution is -2.64. The number of piperidine rings is 1. The number of amides is 9. The van der Waals surface area contributed by atoms with Crippen molar-refractivity contribution in [2.75, 3.05) is 73.7 Å². The average Bonchev–Trinajstić information content (AvgIpc) is 0.774. The van der Waals surface area contributed by atoms with E-state index in [0.717, 1.165) is 75.4 Å². The van der Waals surface area contributed by atoms with Crippen LogP contribution in [0.4, 0.5) is 26.2 Å². The fraction of sp³-hybridized carbons (Fsp3) is 0.519. The molecule has 6 heterocycles. The topological polar surface area (TPSA) is 398 Å². The van der Waals surface area contributed by atoms with E-state index in [1.54, 1.807) is 43.1 Å². The molecule has 3 aromatic heterocycles. The largest absolute Gasteiger partial charge is 0.476 e. The number of para-hydroxylation sites is 1. The second kappa shape index (κ2) is 33.7. The Morgan fingerprint density at radius 1 is 0.809 bits per heavy atom. The lowest BCUT2D eigenvalue weighted by atomic mass is 9.39. The van der Waals surface area contributed by atoms with Crippen molar-refractivity contribution < 1.29 is 72.1 Å². The zero-order valence-corrected chi connectivity index (χ0v) is 64.8. The van der Waals surface area contributed by atoms with Crippen molar-refractivity contribution in [3.8, 4) is 11.1 Å². The fourth-order valence-electron chi connectivity index (χ4n) is 18.7. The molecular formula is C79H101N14O15PS. The number of urea groups is 1. The number of carboxylic acids is 1. The average molecular weight is 1550 g/mol. The minimum absolute atomic E-state index is 0.0219. The van der Waals surface area contributed by atoms with E-state index in [4.69, 9.17) is 31.0 Å². The molecule has 4 saturated carbocycles. The third kappa shape index (κ3) is 18.8. The monoisotopic (exact) mass is 1550 g/mol. The summed E-state index contributed by atoms with van der Waals surface area (Å²) in [7, 11) is -4.30. The number of carbonyl (C=O) groups excluding carboxylic acids is 8. The summed E-state index contributed by atoms with van der Waals surface area (Å²) in [5, 5.41) is 24.8. The SMILES string of the molecule is Cc1c(-c2ccc(N3CCc4cccc(C(=O)Nc5nc6ccccc6s5)c4C3)nc2C(=O)O)cnn1CC12CC3(C)CC(C)(C1)CC(OCCN(CCCP(=O)(O)O)C1CCN(C(=O)OCc4ccc(N(C(N)=O)C(=O)[C@H](CCCN)NC(=O)[C@@H](NC(=O)CCCCCN5C(=O)C=CC5=O)C(C)C)cc4)CC1)(C3)C2. The van der Waals surface area contributed by atoms with Crippen LogP contribution >= 0.6 is 18.9 Å². The summed E-state index contributed by atoms with van der Waals surface area (Å²) in [5.41, 5.74) is 16.7. The smallest absolute Gasteiger partial charge is 0.410 e. The first-order valence-corrected chi connectivity index (χ1v) is 40.7. The molecule has 6 aromatic rings. The summed E-state index contributed by atoms with van der Waals surface area (Å²) >= 11 is 1.41. The quantitative estimate of drug-likeness (QED) is 0.0108. The molecule has 3 aliphatic heterocycles. The number of unbranched alkanes of at least 4 members (excludes halogenated alkanes) is 2. The number of primary amides is 1. The van der Waals surface area contributed by atoms with Gasteiger partial charge in [-0.1, -0.05) is 81.9 Å². The van der Waals surface area contributed by atoms with Crippen LogP contribution in [-0.2, 0) is 64.1 Å². The van der Waals surface area contributed by atoms with Gasteiger partial charge in [-0.25, -0.2) is 29.3 Å². The second-order valence-corrected chi connectivity index (χ2v) is 34.7. The number of aromatic nitrogens is 4. The van der Waals surface area contributed by atoms with Crippen molar-refractivity contribution >= 4 is 99.3 Å². The standard InChI is InChI=1S/C79H101N14O15PS/c1-50(2)67(86-64(94)19-7-6-10-33-91-65(95)26-27-66(91)96)70(98)83-61(17-12-31-80)71(99)93(73(81)102)55-22-20-52(21-23-55)42-107-75(103)89-35-29-54(30-36-89)88(32-13-39-109(104,105)106)37-38-108-79-46-76(4)43-77(5,47-79)45-78(44-76,48-79)49-92-51(3)58(40-82-92)56-24-25-63(85-68(56)72(100)101)90-34-28-53-14-11-15-57(59(53)41-90)69(97)87-74-84-60-16-8-9-18-62(60)110-74/h8-9,11,14-16,18,20-27,40,50,54,61,67H,6-7,10,12-13,17,19,28-39,41-49,80H2,1-5H3,(H2,81,102)(H,83,98)(H,86,94)(H,100,101)(H,84,87,97)(H2,104,105,106)/t61-,67-,76?,77?,78?,79?/m0/s1. The highest BCUT2D eigenvalue weighted by Gasteiger charge is 2.66. The van der Waals surface area contributed by atoms with Gasteiger partial charge in [-0.15, -0.1) is 0 Å². The van der Waals surface area contributed by atoms with E-state index in [1.165, 1.54) is 35.6 Å². The number of carboxylic acid groups (broad SMARTS) is 1. The Kier molecular flexibility index (Phi) is 24.6. The van der Waals surface area contributed by atoms with Crippen molar-refractivity contribution in [1.82, 2.24) is 45.1 Å². The van der Waals surface area contributed by atoms with Crippen molar-refractivity contribution in [1.29, 1.82) is 0 Å². The Morgan fingerprint density at radius 2 is 1.54 bits per heavy atom. The molecule has 4 aliphatic carbocycles. The minimum atomic E-state index is -4.30. The lowest BCUT2D eigenvalue weighted by molar-refractivity contribution is -0.249. The molecule has 0 radical (unpaired) electrons. The summed E-state index contributed by atoms with van der Waals surface area (Å²) in [4.78, 5) is 156. The molecule has 13 rings (SSSR count). The summed E-state index contributed by atoms with van der Waals surface area (Å²) in [6.45, 7) is 14.0. The number of nitrogens with one attached hydrogen (secondary N) is 3. The van der Waals surface area contributed by atoms with Crippen LogP contribution in [0.5, 0.6) is 0 Å². The van der Waals surface area contributed by atoms with Gasteiger partial charge < -0.3 is 56.3 Å². The van der Waals surface area contributed by atoms with Gasteiger partial charge in [0, 0.05) is 92.8 Å². The van der Waals surface area contributed by atoms with Crippen LogP contribution in [0.25, 0.3) is 21.3 Å². The number of hydrogen-bond acceptors (Lipinski definition) is 19. The molecule has 9 amide bonds. The van der Waals surface area contributed by atoms with Gasteiger partial charge in [-0.05, 0) is 191 Å². The first-order valence-electron chi connectivity index (χ1n) is 38.1. The molecule has 110 heavy (non-hydrogen) atoms. The molecular weight excluding hydrogens is 1450 g/mol. The number of imide groups is 2. The van der Waals surface area contributed by atoms with Crippen molar-refractivity contribution in [2.24, 2.45) is 33.6 Å². The third-order valence-electron chi connectivity index (χ3n) is 22.7. The lowest BCUT2D eigenvalue weighted by Gasteiger charge is -2.69. The number of nitrogens with zero attached hydrogens (tertiary/aromatic N) is 9. The van der Waals surface area contributed by atoms with Crippen LogP contribution in [0.15, 0.2) is 97.2 Å². The van der Waals surface area contributed by atoms with E-state index in [0.29, 0.717) is 131 Å². The van der Waals surface area contributed by atoms with Gasteiger partial charge >= 0.3 is 25.7 Å². The van der Waals surface area contributed by atoms with Crippen LogP contribution in [0, 0.1) is 29.1 Å². The van der Waals surface area contributed by atoms with Gasteiger partial charge in [0.25, 0.3) is 23.6 Å².